The second-order valence-corrected chi connectivity index (χ2v) is 6.05. The molecule has 1 aromatic rings. The number of carbonyl (C=O) groups is 1. The van der Waals surface area contributed by atoms with Gasteiger partial charge in [0.2, 0.25) is 0 Å². The van der Waals surface area contributed by atoms with Crippen molar-refractivity contribution in [1.82, 2.24) is 0 Å². The first-order valence-corrected chi connectivity index (χ1v) is 7.41. The summed E-state index contributed by atoms with van der Waals surface area (Å²) in [4.78, 5) is 12.2. The van der Waals surface area contributed by atoms with E-state index in [0.717, 1.165) is 24.0 Å². The Kier molecular flexibility index (Phi) is 4.57. The maximum atomic E-state index is 12.2. The Morgan fingerprint density at radius 2 is 2.05 bits per heavy atom. The molecule has 0 amide bonds. The van der Waals surface area contributed by atoms with Gasteiger partial charge < -0.3 is 14.6 Å². The van der Waals surface area contributed by atoms with Gasteiger partial charge in [0, 0.05) is 0 Å². The molecule has 0 fully saturated rings. The molecule has 1 aliphatic rings. The summed E-state index contributed by atoms with van der Waals surface area (Å²) in [6, 6.07) is 5.73. The molecule has 4 heteroatoms. The molecule has 2 rings (SSSR count). The second-order valence-electron chi connectivity index (χ2n) is 6.05. The molecule has 1 aliphatic carbocycles. The van der Waals surface area contributed by atoms with E-state index in [0.29, 0.717) is 12.2 Å². The van der Waals surface area contributed by atoms with E-state index in [4.69, 9.17) is 9.47 Å². The Morgan fingerprint density at radius 3 is 2.62 bits per heavy atom. The minimum absolute atomic E-state index is 0.0143. The zero-order valence-electron chi connectivity index (χ0n) is 13.2. The fourth-order valence-corrected chi connectivity index (χ4v) is 3.46. The van der Waals surface area contributed by atoms with Crippen LogP contribution < -0.4 is 4.74 Å². The lowest BCUT2D eigenvalue weighted by atomic mass is 9.68. The van der Waals surface area contributed by atoms with Gasteiger partial charge in [0.15, 0.2) is 0 Å². The molecule has 21 heavy (non-hydrogen) atoms. The van der Waals surface area contributed by atoms with Gasteiger partial charge in [0.1, 0.15) is 11.4 Å². The van der Waals surface area contributed by atoms with Gasteiger partial charge in [-0.1, -0.05) is 19.9 Å². The molecule has 2 atom stereocenters. The van der Waals surface area contributed by atoms with Gasteiger partial charge in [0.25, 0.3) is 0 Å². The first-order chi connectivity index (χ1) is 9.93. The number of aliphatic hydroxyl groups is 1. The highest BCUT2D eigenvalue weighted by Gasteiger charge is 2.47. The minimum atomic E-state index is -1.19. The molecule has 0 saturated carbocycles. The van der Waals surface area contributed by atoms with Crippen molar-refractivity contribution in [3.63, 3.8) is 0 Å². The van der Waals surface area contributed by atoms with Gasteiger partial charge in [-0.3, -0.25) is 4.79 Å². The second kappa shape index (κ2) is 6.06. The van der Waals surface area contributed by atoms with Crippen molar-refractivity contribution in [2.24, 2.45) is 11.8 Å². The van der Waals surface area contributed by atoms with Crippen LogP contribution in [-0.2, 0) is 21.6 Å². The number of ether oxygens (including phenoxy) is 2. The number of esters is 1. The minimum Gasteiger partial charge on any atom is -0.497 e. The van der Waals surface area contributed by atoms with Gasteiger partial charge in [-0.05, 0) is 48.4 Å². The van der Waals surface area contributed by atoms with Crippen LogP contribution in [0.15, 0.2) is 18.2 Å². The van der Waals surface area contributed by atoms with Crippen LogP contribution in [0.4, 0.5) is 0 Å². The highest BCUT2D eigenvalue weighted by molar-refractivity contribution is 5.75. The monoisotopic (exact) mass is 292 g/mol. The third-order valence-corrected chi connectivity index (χ3v) is 4.42. The van der Waals surface area contributed by atoms with Crippen molar-refractivity contribution >= 4 is 5.97 Å². The van der Waals surface area contributed by atoms with Crippen LogP contribution in [0.25, 0.3) is 0 Å². The quantitative estimate of drug-likeness (QED) is 0.867. The maximum Gasteiger partial charge on any atom is 0.312 e. The average molecular weight is 292 g/mol. The van der Waals surface area contributed by atoms with Gasteiger partial charge in [-0.2, -0.15) is 0 Å². The summed E-state index contributed by atoms with van der Waals surface area (Å²) in [7, 11) is 2.97. The fourth-order valence-electron chi connectivity index (χ4n) is 3.46. The molecular weight excluding hydrogens is 268 g/mol. The lowest BCUT2D eigenvalue weighted by Crippen LogP contribution is -2.45. The van der Waals surface area contributed by atoms with E-state index in [9.17, 15) is 9.90 Å². The largest absolute Gasteiger partial charge is 0.497 e. The van der Waals surface area contributed by atoms with Crippen molar-refractivity contribution in [1.29, 1.82) is 0 Å². The van der Waals surface area contributed by atoms with Crippen molar-refractivity contribution < 1.29 is 19.4 Å². The van der Waals surface area contributed by atoms with Crippen LogP contribution in [0, 0.1) is 11.8 Å². The lowest BCUT2D eigenvalue weighted by Gasteiger charge is -2.41. The number of fused-ring (bicyclic) bond motifs is 1. The lowest BCUT2D eigenvalue weighted by molar-refractivity contribution is -0.162. The van der Waals surface area contributed by atoms with E-state index < -0.39 is 11.5 Å². The topological polar surface area (TPSA) is 55.8 Å². The third-order valence-electron chi connectivity index (χ3n) is 4.42. The normalized spacial score (nSPS) is 22.6. The van der Waals surface area contributed by atoms with Crippen LogP contribution in [0.5, 0.6) is 5.75 Å². The average Bonchev–Trinajstić information content (AvgIpc) is 2.46. The van der Waals surface area contributed by atoms with Gasteiger partial charge >= 0.3 is 5.97 Å². The predicted molar refractivity (Wildman–Crippen MR) is 80.2 cm³/mol. The number of hydrogen-bond donors (Lipinski definition) is 1. The number of rotatable bonds is 4. The Morgan fingerprint density at radius 1 is 1.33 bits per heavy atom. The van der Waals surface area contributed by atoms with Crippen molar-refractivity contribution in [2.45, 2.75) is 38.7 Å². The zero-order chi connectivity index (χ0) is 15.6. The van der Waals surface area contributed by atoms with Crippen LogP contribution >= 0.6 is 0 Å². The Bertz CT molecular complexity index is 524. The van der Waals surface area contributed by atoms with Gasteiger partial charge in [-0.25, -0.2) is 0 Å². The molecule has 0 bridgehead atoms. The van der Waals surface area contributed by atoms with Crippen LogP contribution in [0.3, 0.4) is 0 Å². The molecular formula is C17H24O4. The van der Waals surface area contributed by atoms with E-state index in [-0.39, 0.29) is 11.9 Å². The van der Waals surface area contributed by atoms with Crippen molar-refractivity contribution in [2.75, 3.05) is 14.2 Å². The van der Waals surface area contributed by atoms with E-state index in [1.807, 2.05) is 32.0 Å². The Labute approximate surface area is 126 Å². The van der Waals surface area contributed by atoms with Crippen LogP contribution in [0.2, 0.25) is 0 Å². The Balaban J connectivity index is 2.54. The molecule has 0 aliphatic heterocycles. The standard InChI is InChI=1S/C17H24O4/c1-11(2)15(16(18)21-4)17(19)9-5-6-12-7-8-13(20-3)10-14(12)17/h7-8,10-11,15,19H,5-6,9H2,1-4H3. The van der Waals surface area contributed by atoms with Gasteiger partial charge in [-0.15, -0.1) is 0 Å². The summed E-state index contributed by atoms with van der Waals surface area (Å²) in [6.07, 6.45) is 2.33. The molecule has 4 nitrogen and oxygen atoms in total. The first kappa shape index (κ1) is 15.8. The first-order valence-electron chi connectivity index (χ1n) is 7.41. The van der Waals surface area contributed by atoms with Crippen molar-refractivity contribution in [3.8, 4) is 5.75 Å². The molecule has 0 radical (unpaired) electrons. The molecule has 1 N–H and O–H groups in total. The van der Waals surface area contributed by atoms with E-state index in [1.54, 1.807) is 7.11 Å². The fraction of sp³-hybridized carbons (Fsp3) is 0.588. The highest BCUT2D eigenvalue weighted by Crippen LogP contribution is 2.45. The van der Waals surface area contributed by atoms with Crippen LogP contribution in [-0.4, -0.2) is 25.3 Å². The SMILES string of the molecule is COC(=O)C(C(C)C)C1(O)CCCc2ccc(OC)cc21. The number of aryl methyl sites for hydroxylation is 1. The van der Waals surface area contributed by atoms with Crippen molar-refractivity contribution in [3.05, 3.63) is 29.3 Å². The Hall–Kier alpha value is -1.55. The highest BCUT2D eigenvalue weighted by atomic mass is 16.5. The molecule has 0 aromatic heterocycles. The number of benzene rings is 1. The van der Waals surface area contributed by atoms with Gasteiger partial charge in [0.05, 0.1) is 20.1 Å². The number of hydrogen-bond acceptors (Lipinski definition) is 4. The molecule has 0 saturated heterocycles. The molecule has 1 aromatic carbocycles. The van der Waals surface area contributed by atoms with E-state index in [2.05, 4.69) is 0 Å². The summed E-state index contributed by atoms with van der Waals surface area (Å²) < 4.78 is 10.2. The van der Waals surface area contributed by atoms with E-state index in [1.165, 1.54) is 7.11 Å². The summed E-state index contributed by atoms with van der Waals surface area (Å²) >= 11 is 0. The molecule has 0 heterocycles. The van der Waals surface area contributed by atoms with E-state index >= 15 is 0 Å². The smallest absolute Gasteiger partial charge is 0.312 e. The number of carbonyl (C=O) groups excluding carboxylic acids is 1. The maximum absolute atomic E-state index is 12.2. The summed E-state index contributed by atoms with van der Waals surface area (Å²) in [5, 5.41) is 11.3. The summed E-state index contributed by atoms with van der Waals surface area (Å²) in [5.74, 6) is -0.252. The molecule has 0 spiro atoms. The zero-order valence-corrected chi connectivity index (χ0v) is 13.2. The third kappa shape index (κ3) is 2.77. The number of methoxy groups -OCH3 is 2. The predicted octanol–water partition coefficient (Wildman–Crippen LogP) is 2.66. The molecule has 116 valence electrons. The summed E-state index contributed by atoms with van der Waals surface area (Å²) in [6.45, 7) is 3.88. The van der Waals surface area contributed by atoms with Crippen LogP contribution in [0.1, 0.15) is 37.8 Å². The molecule has 2 unspecified atom stereocenters. The summed E-state index contributed by atoms with van der Waals surface area (Å²) in [5.41, 5.74) is 0.694.